The fourth-order valence-electron chi connectivity index (χ4n) is 3.19. The van der Waals surface area contributed by atoms with Crippen LogP contribution in [0, 0.1) is 11.3 Å². The summed E-state index contributed by atoms with van der Waals surface area (Å²) in [7, 11) is 0. The molecule has 2 saturated heterocycles. The van der Waals surface area contributed by atoms with Crippen LogP contribution in [0.3, 0.4) is 0 Å². The lowest BCUT2D eigenvalue weighted by Crippen LogP contribution is -2.43. The maximum atomic E-state index is 12.7. The number of alkyl halides is 3. The highest BCUT2D eigenvalue weighted by atomic mass is 19.4. The maximum absolute atomic E-state index is 12.7. The highest BCUT2D eigenvalue weighted by Crippen LogP contribution is 2.32. The van der Waals surface area contributed by atoms with Crippen molar-refractivity contribution in [2.24, 2.45) is 0 Å². The van der Waals surface area contributed by atoms with Gasteiger partial charge in [0.25, 0.3) is 0 Å². The van der Waals surface area contributed by atoms with Gasteiger partial charge in [0.2, 0.25) is 0 Å². The van der Waals surface area contributed by atoms with Crippen molar-refractivity contribution in [3.05, 3.63) is 23.4 Å². The molecule has 1 aromatic rings. The molecule has 2 aliphatic heterocycles. The summed E-state index contributed by atoms with van der Waals surface area (Å²) in [5.74, 6) is 0.0404. The van der Waals surface area contributed by atoms with Crippen LogP contribution in [-0.2, 0) is 6.18 Å². The van der Waals surface area contributed by atoms with Gasteiger partial charge in [0, 0.05) is 18.1 Å². The normalized spacial score (nSPS) is 28.2. The molecular formula is C14H15F3N4. The zero-order chi connectivity index (χ0) is 15.0. The van der Waals surface area contributed by atoms with Crippen molar-refractivity contribution in [3.8, 4) is 6.07 Å². The van der Waals surface area contributed by atoms with Gasteiger partial charge >= 0.3 is 6.18 Å². The molecule has 1 aromatic heterocycles. The van der Waals surface area contributed by atoms with E-state index in [2.05, 4.69) is 15.6 Å². The number of halogens is 3. The molecule has 0 aromatic carbocycles. The molecule has 21 heavy (non-hydrogen) atoms. The number of hydrogen-bond donors (Lipinski definition) is 2. The quantitative estimate of drug-likeness (QED) is 0.881. The van der Waals surface area contributed by atoms with Crippen LogP contribution >= 0.6 is 0 Å². The summed E-state index contributed by atoms with van der Waals surface area (Å²) in [5.41, 5.74) is -0.824. The van der Waals surface area contributed by atoms with Gasteiger partial charge in [0.15, 0.2) is 0 Å². The molecule has 2 N–H and O–H groups in total. The molecule has 2 bridgehead atoms. The second-order valence-corrected chi connectivity index (χ2v) is 5.65. The van der Waals surface area contributed by atoms with Gasteiger partial charge in [0.05, 0.1) is 5.56 Å². The molecule has 2 aliphatic rings. The third-order valence-electron chi connectivity index (χ3n) is 4.12. The average Bonchev–Trinajstić information content (AvgIpc) is 2.77. The first-order chi connectivity index (χ1) is 9.95. The number of anilines is 1. The van der Waals surface area contributed by atoms with E-state index >= 15 is 0 Å². The first-order valence-corrected chi connectivity index (χ1v) is 6.96. The van der Waals surface area contributed by atoms with Gasteiger partial charge < -0.3 is 10.6 Å². The molecule has 3 rings (SSSR count). The van der Waals surface area contributed by atoms with Crippen molar-refractivity contribution in [3.63, 3.8) is 0 Å². The molecule has 0 aliphatic carbocycles. The third-order valence-corrected chi connectivity index (χ3v) is 4.12. The van der Waals surface area contributed by atoms with Crippen LogP contribution in [0.15, 0.2) is 12.1 Å². The van der Waals surface area contributed by atoms with Crippen molar-refractivity contribution in [1.82, 2.24) is 10.3 Å². The smallest absolute Gasteiger partial charge is 0.366 e. The lowest BCUT2D eigenvalue weighted by atomic mass is 9.99. The Bertz CT molecular complexity index is 567. The van der Waals surface area contributed by atoms with Gasteiger partial charge in [-0.3, -0.25) is 0 Å². The van der Waals surface area contributed by atoms with E-state index in [1.807, 2.05) is 6.07 Å². The van der Waals surface area contributed by atoms with E-state index in [0.717, 1.165) is 31.7 Å². The van der Waals surface area contributed by atoms with Crippen LogP contribution in [0.4, 0.5) is 19.0 Å². The zero-order valence-corrected chi connectivity index (χ0v) is 11.2. The lowest BCUT2D eigenvalue weighted by molar-refractivity contribution is -0.141. The van der Waals surface area contributed by atoms with Crippen LogP contribution in [0.5, 0.6) is 0 Å². The standard InChI is InChI=1S/C14H15F3N4/c15-14(16,17)12-4-1-8(7-18)13(21-12)20-11-5-9-2-3-10(6-11)19-9/h1,4,9-11,19H,2-3,5-6H2,(H,20,21). The molecule has 2 fully saturated rings. The van der Waals surface area contributed by atoms with Crippen LogP contribution < -0.4 is 10.6 Å². The molecule has 7 heteroatoms. The highest BCUT2D eigenvalue weighted by molar-refractivity contribution is 5.53. The van der Waals surface area contributed by atoms with Crippen molar-refractivity contribution in [1.29, 1.82) is 5.26 Å². The number of piperidine rings is 1. The van der Waals surface area contributed by atoms with Gasteiger partial charge in [-0.05, 0) is 37.8 Å². The van der Waals surface area contributed by atoms with Crippen LogP contribution in [0.1, 0.15) is 36.9 Å². The minimum Gasteiger partial charge on any atom is -0.366 e. The summed E-state index contributed by atoms with van der Waals surface area (Å²) in [6, 6.07) is 4.80. The summed E-state index contributed by atoms with van der Waals surface area (Å²) in [4.78, 5) is 3.60. The van der Waals surface area contributed by atoms with Crippen molar-refractivity contribution in [2.75, 3.05) is 5.32 Å². The van der Waals surface area contributed by atoms with E-state index in [0.29, 0.717) is 12.1 Å². The first-order valence-electron chi connectivity index (χ1n) is 6.96. The second kappa shape index (κ2) is 5.19. The SMILES string of the molecule is N#Cc1ccc(C(F)(F)F)nc1NC1CC2CCC(C1)N2. The fraction of sp³-hybridized carbons (Fsp3) is 0.571. The van der Waals surface area contributed by atoms with Crippen LogP contribution in [0.2, 0.25) is 0 Å². The number of nitriles is 1. The number of pyridine rings is 1. The van der Waals surface area contributed by atoms with Gasteiger partial charge in [0.1, 0.15) is 17.6 Å². The highest BCUT2D eigenvalue weighted by Gasteiger charge is 2.35. The van der Waals surface area contributed by atoms with Crippen LogP contribution in [0.25, 0.3) is 0 Å². The van der Waals surface area contributed by atoms with E-state index in [-0.39, 0.29) is 17.4 Å². The van der Waals surface area contributed by atoms with E-state index in [9.17, 15) is 13.2 Å². The van der Waals surface area contributed by atoms with E-state index in [1.165, 1.54) is 6.07 Å². The molecule has 112 valence electrons. The lowest BCUT2D eigenvalue weighted by Gasteiger charge is -2.30. The molecule has 0 radical (unpaired) electrons. The van der Waals surface area contributed by atoms with E-state index in [1.54, 1.807) is 0 Å². The van der Waals surface area contributed by atoms with Gasteiger partial charge in [-0.2, -0.15) is 18.4 Å². The zero-order valence-electron chi connectivity index (χ0n) is 11.2. The Morgan fingerprint density at radius 3 is 2.48 bits per heavy atom. The monoisotopic (exact) mass is 296 g/mol. The average molecular weight is 296 g/mol. The molecule has 0 spiro atoms. The summed E-state index contributed by atoms with van der Waals surface area (Å²) in [6.45, 7) is 0. The van der Waals surface area contributed by atoms with Crippen molar-refractivity contribution < 1.29 is 13.2 Å². The Labute approximate surface area is 120 Å². The topological polar surface area (TPSA) is 60.7 Å². The molecule has 0 amide bonds. The Hall–Kier alpha value is -1.81. The van der Waals surface area contributed by atoms with Gasteiger partial charge in [-0.15, -0.1) is 0 Å². The van der Waals surface area contributed by atoms with Crippen molar-refractivity contribution >= 4 is 5.82 Å². The third kappa shape index (κ3) is 2.95. The van der Waals surface area contributed by atoms with Crippen LogP contribution in [-0.4, -0.2) is 23.1 Å². The Morgan fingerprint density at radius 2 is 1.90 bits per heavy atom. The molecule has 2 unspecified atom stereocenters. The van der Waals surface area contributed by atoms with Crippen molar-refractivity contribution in [2.45, 2.75) is 50.0 Å². The predicted molar refractivity (Wildman–Crippen MR) is 70.5 cm³/mol. The largest absolute Gasteiger partial charge is 0.433 e. The predicted octanol–water partition coefficient (Wildman–Crippen LogP) is 2.67. The second-order valence-electron chi connectivity index (χ2n) is 5.65. The van der Waals surface area contributed by atoms with E-state index < -0.39 is 11.9 Å². The molecule has 4 nitrogen and oxygen atoms in total. The maximum Gasteiger partial charge on any atom is 0.433 e. The Morgan fingerprint density at radius 1 is 1.24 bits per heavy atom. The fourth-order valence-corrected chi connectivity index (χ4v) is 3.19. The molecular weight excluding hydrogens is 281 g/mol. The summed E-state index contributed by atoms with van der Waals surface area (Å²) >= 11 is 0. The number of fused-ring (bicyclic) bond motifs is 2. The number of aromatic nitrogens is 1. The number of hydrogen-bond acceptors (Lipinski definition) is 4. The molecule has 3 heterocycles. The summed E-state index contributed by atoms with van der Waals surface area (Å²) in [6.07, 6.45) is -0.607. The minimum atomic E-state index is -4.50. The minimum absolute atomic E-state index is 0.0404. The summed E-state index contributed by atoms with van der Waals surface area (Å²) < 4.78 is 38.2. The number of rotatable bonds is 2. The van der Waals surface area contributed by atoms with E-state index in [4.69, 9.17) is 5.26 Å². The number of nitrogens with zero attached hydrogens (tertiary/aromatic N) is 2. The summed E-state index contributed by atoms with van der Waals surface area (Å²) in [5, 5.41) is 15.5. The molecule has 0 saturated carbocycles. The first kappa shape index (κ1) is 14.1. The Balaban J connectivity index is 1.82. The van der Waals surface area contributed by atoms with Gasteiger partial charge in [-0.25, -0.2) is 4.98 Å². The number of nitrogens with one attached hydrogen (secondary N) is 2. The Kier molecular flexibility index (Phi) is 3.49. The molecule has 2 atom stereocenters. The van der Waals surface area contributed by atoms with Gasteiger partial charge in [-0.1, -0.05) is 0 Å².